The summed E-state index contributed by atoms with van der Waals surface area (Å²) in [4.78, 5) is 11.2. The van der Waals surface area contributed by atoms with Gasteiger partial charge in [0.2, 0.25) is 0 Å². The summed E-state index contributed by atoms with van der Waals surface area (Å²) in [6.07, 6.45) is -1.14. The van der Waals surface area contributed by atoms with E-state index in [1.807, 2.05) is 6.07 Å². The molecule has 0 amide bonds. The van der Waals surface area contributed by atoms with Gasteiger partial charge in [-0.1, -0.05) is 0 Å². The lowest BCUT2D eigenvalue weighted by atomic mass is 9.94. The van der Waals surface area contributed by atoms with Gasteiger partial charge >= 0.3 is 6.18 Å². The van der Waals surface area contributed by atoms with Gasteiger partial charge in [-0.25, -0.2) is 4.98 Å². The number of fused-ring (bicyclic) bond motifs is 2. The SMILES string of the molecule is N#Cc1ccc(N2C[C@H]3CC[C@@H](C2)[C@@H]3Oc2ccc(C(F)(F)F)cc2ON)nc1. The second kappa shape index (κ2) is 7.44. The van der Waals surface area contributed by atoms with Gasteiger partial charge in [0, 0.05) is 31.1 Å². The predicted molar refractivity (Wildman–Crippen MR) is 98.1 cm³/mol. The number of ether oxygens (including phenoxy) is 1. The Kier molecular flexibility index (Phi) is 4.96. The maximum atomic E-state index is 12.9. The van der Waals surface area contributed by atoms with E-state index in [-0.39, 0.29) is 29.4 Å². The standard InChI is InChI=1S/C20H19F3N4O2/c21-20(22,23)15-4-5-16(17(7-15)29-25)28-19-13-2-3-14(19)11-27(10-13)18-6-1-12(8-24)9-26-18/h1,4-7,9,13-14,19H,2-3,10-11,25H2/t13-,14+,19-. The summed E-state index contributed by atoms with van der Waals surface area (Å²) in [5.74, 6) is 6.49. The van der Waals surface area contributed by atoms with Gasteiger partial charge in [-0.05, 0) is 43.2 Å². The monoisotopic (exact) mass is 404 g/mol. The number of hydrogen-bond acceptors (Lipinski definition) is 6. The summed E-state index contributed by atoms with van der Waals surface area (Å²) in [5.41, 5.74) is -0.332. The molecule has 0 radical (unpaired) electrons. The van der Waals surface area contributed by atoms with Gasteiger partial charge in [-0.2, -0.15) is 24.3 Å². The van der Waals surface area contributed by atoms with E-state index in [9.17, 15) is 13.2 Å². The summed E-state index contributed by atoms with van der Waals surface area (Å²) in [5, 5.41) is 8.91. The Bertz CT molecular complexity index is 913. The van der Waals surface area contributed by atoms with Crippen molar-refractivity contribution in [2.24, 2.45) is 17.7 Å². The van der Waals surface area contributed by atoms with Crippen molar-refractivity contribution in [1.82, 2.24) is 4.98 Å². The van der Waals surface area contributed by atoms with E-state index in [2.05, 4.69) is 20.8 Å². The van der Waals surface area contributed by atoms with E-state index in [0.717, 1.165) is 43.9 Å². The normalized spacial score (nSPS) is 23.6. The number of halogens is 3. The molecule has 2 bridgehead atoms. The number of nitrogens with zero attached hydrogens (tertiary/aromatic N) is 3. The average Bonchev–Trinajstić information content (AvgIpc) is 2.94. The van der Waals surface area contributed by atoms with Crippen molar-refractivity contribution in [3.05, 3.63) is 47.7 Å². The third kappa shape index (κ3) is 3.80. The molecule has 1 aliphatic heterocycles. The summed E-state index contributed by atoms with van der Waals surface area (Å²) in [7, 11) is 0. The van der Waals surface area contributed by atoms with Gasteiger partial charge in [-0.15, -0.1) is 0 Å². The van der Waals surface area contributed by atoms with Gasteiger partial charge in [0.05, 0.1) is 11.1 Å². The molecule has 9 heteroatoms. The van der Waals surface area contributed by atoms with Crippen LogP contribution in [0, 0.1) is 23.2 Å². The highest BCUT2D eigenvalue weighted by Gasteiger charge is 2.44. The largest absolute Gasteiger partial charge is 0.486 e. The molecule has 2 fully saturated rings. The number of nitriles is 1. The average molecular weight is 404 g/mol. The van der Waals surface area contributed by atoms with Crippen molar-refractivity contribution in [2.45, 2.75) is 25.1 Å². The number of aromatic nitrogens is 1. The maximum Gasteiger partial charge on any atom is 0.416 e. The highest BCUT2D eigenvalue weighted by molar-refractivity contribution is 5.45. The fourth-order valence-corrected chi connectivity index (χ4v) is 4.21. The summed E-state index contributed by atoms with van der Waals surface area (Å²) >= 11 is 0. The van der Waals surface area contributed by atoms with Crippen molar-refractivity contribution >= 4 is 5.82 Å². The van der Waals surface area contributed by atoms with E-state index >= 15 is 0 Å². The molecule has 6 nitrogen and oxygen atoms in total. The van der Waals surface area contributed by atoms with Crippen molar-refractivity contribution in [3.8, 4) is 17.6 Å². The van der Waals surface area contributed by atoms with Crippen LogP contribution in [0.4, 0.5) is 19.0 Å². The van der Waals surface area contributed by atoms with Gasteiger partial charge in [-0.3, -0.25) is 0 Å². The Morgan fingerprint density at radius 1 is 1.10 bits per heavy atom. The number of piperidine rings is 1. The number of hydrogen-bond donors (Lipinski definition) is 1. The lowest BCUT2D eigenvalue weighted by Crippen LogP contribution is -2.47. The van der Waals surface area contributed by atoms with Crippen molar-refractivity contribution in [1.29, 1.82) is 5.26 Å². The molecule has 1 saturated heterocycles. The third-order valence-electron chi connectivity index (χ3n) is 5.61. The molecular formula is C20H19F3N4O2. The molecule has 2 aromatic rings. The molecule has 152 valence electrons. The molecule has 0 unspecified atom stereocenters. The fraction of sp³-hybridized carbons (Fsp3) is 0.400. The van der Waals surface area contributed by atoms with Crippen molar-refractivity contribution in [2.75, 3.05) is 18.0 Å². The van der Waals surface area contributed by atoms with Crippen LogP contribution in [0.1, 0.15) is 24.0 Å². The first-order valence-electron chi connectivity index (χ1n) is 9.25. The summed E-state index contributed by atoms with van der Waals surface area (Å²) < 4.78 is 44.8. The Hall–Kier alpha value is -2.99. The fourth-order valence-electron chi connectivity index (χ4n) is 4.21. The molecule has 2 N–H and O–H groups in total. The minimum Gasteiger partial charge on any atom is -0.486 e. The van der Waals surface area contributed by atoms with Gasteiger partial charge in [0.15, 0.2) is 11.5 Å². The Morgan fingerprint density at radius 3 is 2.38 bits per heavy atom. The van der Waals surface area contributed by atoms with Crippen LogP contribution in [0.2, 0.25) is 0 Å². The number of rotatable bonds is 4. The number of pyridine rings is 1. The van der Waals surface area contributed by atoms with Crippen LogP contribution in [0.3, 0.4) is 0 Å². The number of benzene rings is 1. The first kappa shape index (κ1) is 19.3. The first-order chi connectivity index (χ1) is 13.9. The van der Waals surface area contributed by atoms with Crippen molar-refractivity contribution < 1.29 is 22.7 Å². The van der Waals surface area contributed by atoms with Crippen LogP contribution in [-0.4, -0.2) is 24.2 Å². The molecule has 2 aliphatic rings. The second-order valence-corrected chi connectivity index (χ2v) is 7.38. The smallest absolute Gasteiger partial charge is 0.416 e. The minimum atomic E-state index is -4.48. The molecule has 2 heterocycles. The zero-order valence-corrected chi connectivity index (χ0v) is 15.4. The Morgan fingerprint density at radius 2 is 1.83 bits per heavy atom. The zero-order chi connectivity index (χ0) is 20.6. The third-order valence-corrected chi connectivity index (χ3v) is 5.61. The van der Waals surface area contributed by atoms with Crippen LogP contribution in [0.5, 0.6) is 11.5 Å². The van der Waals surface area contributed by atoms with E-state index < -0.39 is 11.7 Å². The molecule has 3 atom stereocenters. The predicted octanol–water partition coefficient (Wildman–Crippen LogP) is 3.52. The lowest BCUT2D eigenvalue weighted by Gasteiger charge is -2.38. The number of anilines is 1. The molecule has 29 heavy (non-hydrogen) atoms. The van der Waals surface area contributed by atoms with E-state index in [1.165, 1.54) is 6.07 Å². The molecule has 4 rings (SSSR count). The number of alkyl halides is 3. The molecular weight excluding hydrogens is 385 g/mol. The lowest BCUT2D eigenvalue weighted by molar-refractivity contribution is -0.137. The first-order valence-corrected chi connectivity index (χ1v) is 9.25. The van der Waals surface area contributed by atoms with E-state index in [0.29, 0.717) is 5.56 Å². The molecule has 1 aromatic carbocycles. The topological polar surface area (TPSA) is 84.4 Å². The summed E-state index contributed by atoms with van der Waals surface area (Å²) in [6.45, 7) is 1.44. The van der Waals surface area contributed by atoms with E-state index in [1.54, 1.807) is 12.3 Å². The van der Waals surface area contributed by atoms with Crippen molar-refractivity contribution in [3.63, 3.8) is 0 Å². The quantitative estimate of drug-likeness (QED) is 0.785. The van der Waals surface area contributed by atoms with Crippen LogP contribution >= 0.6 is 0 Å². The van der Waals surface area contributed by atoms with Crippen LogP contribution in [-0.2, 0) is 6.18 Å². The highest BCUT2D eigenvalue weighted by atomic mass is 19.4. The Labute approximate surface area is 165 Å². The molecule has 1 aliphatic carbocycles. The van der Waals surface area contributed by atoms with Gasteiger partial charge < -0.3 is 14.5 Å². The van der Waals surface area contributed by atoms with Gasteiger partial charge in [0.1, 0.15) is 18.0 Å². The molecule has 1 aromatic heterocycles. The molecule has 1 saturated carbocycles. The maximum absolute atomic E-state index is 12.9. The van der Waals surface area contributed by atoms with Crippen LogP contribution in [0.25, 0.3) is 0 Å². The van der Waals surface area contributed by atoms with Crippen LogP contribution < -0.4 is 20.4 Å². The van der Waals surface area contributed by atoms with Crippen LogP contribution in [0.15, 0.2) is 36.5 Å². The van der Waals surface area contributed by atoms with Gasteiger partial charge in [0.25, 0.3) is 0 Å². The molecule has 0 spiro atoms. The minimum absolute atomic E-state index is 0.129. The Balaban J connectivity index is 1.50. The number of nitrogens with two attached hydrogens (primary N) is 1. The zero-order valence-electron chi connectivity index (χ0n) is 15.4. The summed E-state index contributed by atoms with van der Waals surface area (Å²) in [6, 6.07) is 8.70. The van der Waals surface area contributed by atoms with E-state index in [4.69, 9.17) is 15.9 Å². The second-order valence-electron chi connectivity index (χ2n) is 7.38. The highest BCUT2D eigenvalue weighted by Crippen LogP contribution is 2.43.